The maximum Gasteiger partial charge on any atom is 0.322 e. The van der Waals surface area contributed by atoms with Crippen molar-refractivity contribution in [3.63, 3.8) is 0 Å². The van der Waals surface area contributed by atoms with Crippen LogP contribution < -0.4 is 5.32 Å². The molecule has 1 saturated heterocycles. The molecule has 0 radical (unpaired) electrons. The molecule has 20 heavy (non-hydrogen) atoms. The van der Waals surface area contributed by atoms with Gasteiger partial charge in [0, 0.05) is 18.3 Å². The number of benzene rings is 1. The van der Waals surface area contributed by atoms with Gasteiger partial charge in [-0.05, 0) is 50.2 Å². The molecule has 1 aromatic carbocycles. The number of para-hydroxylation sites is 1. The lowest BCUT2D eigenvalue weighted by atomic mass is 10.0. The molecule has 0 unspecified atom stereocenters. The van der Waals surface area contributed by atoms with E-state index in [0.717, 1.165) is 43.5 Å². The summed E-state index contributed by atoms with van der Waals surface area (Å²) in [6.45, 7) is 7.24. The van der Waals surface area contributed by atoms with Gasteiger partial charge in [-0.3, -0.25) is 0 Å². The summed E-state index contributed by atoms with van der Waals surface area (Å²) >= 11 is 0. The topological polar surface area (TPSA) is 32.3 Å². The van der Waals surface area contributed by atoms with Crippen LogP contribution in [-0.4, -0.2) is 23.5 Å². The lowest BCUT2D eigenvalue weighted by molar-refractivity contribution is 0.160. The number of piperidine rings is 1. The zero-order valence-electron chi connectivity index (χ0n) is 12.9. The van der Waals surface area contributed by atoms with E-state index < -0.39 is 0 Å². The number of carbonyl (C=O) groups excluding carboxylic acids is 1. The Labute approximate surface area is 122 Å². The molecule has 1 heterocycles. The van der Waals surface area contributed by atoms with E-state index in [-0.39, 0.29) is 6.03 Å². The van der Waals surface area contributed by atoms with E-state index >= 15 is 0 Å². The number of nitrogens with zero attached hydrogens (tertiary/aromatic N) is 1. The average molecular weight is 274 g/mol. The van der Waals surface area contributed by atoms with Crippen LogP contribution in [0.1, 0.15) is 50.7 Å². The molecule has 0 aliphatic carbocycles. The summed E-state index contributed by atoms with van der Waals surface area (Å²) in [5, 5.41) is 3.15. The first kappa shape index (κ1) is 14.9. The normalized spacial score (nSPS) is 18.9. The standard InChI is InChI=1S/C17H26N2O/c1-4-14-10-8-9-13(3)16(14)18-17(20)19-12-7-6-11-15(19)5-2/h8-10,15H,4-7,11-12H2,1-3H3,(H,18,20)/t15-/m0/s1. The van der Waals surface area contributed by atoms with Crippen molar-refractivity contribution < 1.29 is 4.79 Å². The summed E-state index contributed by atoms with van der Waals surface area (Å²) in [6, 6.07) is 6.68. The van der Waals surface area contributed by atoms with Crippen molar-refractivity contribution in [1.29, 1.82) is 0 Å². The Bertz CT molecular complexity index is 470. The van der Waals surface area contributed by atoms with Gasteiger partial charge in [-0.25, -0.2) is 4.79 Å². The van der Waals surface area contributed by atoms with Gasteiger partial charge in [0.05, 0.1) is 0 Å². The predicted octanol–water partition coefficient (Wildman–Crippen LogP) is 4.35. The lowest BCUT2D eigenvalue weighted by Crippen LogP contribution is -2.45. The number of anilines is 1. The lowest BCUT2D eigenvalue weighted by Gasteiger charge is -2.35. The molecule has 1 atom stereocenters. The highest BCUT2D eigenvalue weighted by Gasteiger charge is 2.25. The average Bonchev–Trinajstić information content (AvgIpc) is 2.49. The molecule has 1 fully saturated rings. The van der Waals surface area contributed by atoms with Crippen LogP contribution in [0.3, 0.4) is 0 Å². The quantitative estimate of drug-likeness (QED) is 0.873. The van der Waals surface area contributed by atoms with Gasteiger partial charge < -0.3 is 10.2 Å². The molecule has 1 aliphatic rings. The van der Waals surface area contributed by atoms with Crippen LogP contribution in [-0.2, 0) is 6.42 Å². The molecule has 0 spiro atoms. The minimum absolute atomic E-state index is 0.0700. The highest BCUT2D eigenvalue weighted by molar-refractivity contribution is 5.91. The monoisotopic (exact) mass is 274 g/mol. The number of nitrogens with one attached hydrogen (secondary N) is 1. The highest BCUT2D eigenvalue weighted by atomic mass is 16.2. The van der Waals surface area contributed by atoms with Gasteiger partial charge in [0.25, 0.3) is 0 Å². The summed E-state index contributed by atoms with van der Waals surface area (Å²) in [6.07, 6.45) is 5.49. The first-order chi connectivity index (χ1) is 9.67. The van der Waals surface area contributed by atoms with E-state index in [2.05, 4.69) is 44.3 Å². The van der Waals surface area contributed by atoms with Crippen molar-refractivity contribution >= 4 is 11.7 Å². The number of amides is 2. The summed E-state index contributed by atoms with van der Waals surface area (Å²) in [7, 11) is 0. The highest BCUT2D eigenvalue weighted by Crippen LogP contribution is 2.24. The molecule has 1 aromatic rings. The number of carbonyl (C=O) groups is 1. The first-order valence-electron chi connectivity index (χ1n) is 7.83. The van der Waals surface area contributed by atoms with Gasteiger partial charge in [-0.2, -0.15) is 0 Å². The Hall–Kier alpha value is -1.51. The number of urea groups is 1. The van der Waals surface area contributed by atoms with Gasteiger partial charge >= 0.3 is 6.03 Å². The summed E-state index contributed by atoms with van der Waals surface area (Å²) in [5.74, 6) is 0. The first-order valence-corrected chi connectivity index (χ1v) is 7.83. The third-order valence-electron chi connectivity index (χ3n) is 4.33. The molecule has 110 valence electrons. The minimum atomic E-state index is 0.0700. The third-order valence-corrected chi connectivity index (χ3v) is 4.33. The smallest absolute Gasteiger partial charge is 0.322 e. The molecule has 2 amide bonds. The van der Waals surface area contributed by atoms with Crippen LogP contribution in [0.25, 0.3) is 0 Å². The summed E-state index contributed by atoms with van der Waals surface area (Å²) in [5.41, 5.74) is 3.35. The fourth-order valence-corrected chi connectivity index (χ4v) is 3.07. The molecule has 1 aliphatic heterocycles. The molecule has 0 saturated carbocycles. The molecular weight excluding hydrogens is 248 g/mol. The Morgan fingerprint density at radius 2 is 2.15 bits per heavy atom. The van der Waals surface area contributed by atoms with E-state index in [1.165, 1.54) is 12.0 Å². The molecule has 0 bridgehead atoms. The van der Waals surface area contributed by atoms with Gasteiger partial charge in [-0.15, -0.1) is 0 Å². The van der Waals surface area contributed by atoms with Gasteiger partial charge in [-0.1, -0.05) is 32.0 Å². The van der Waals surface area contributed by atoms with Crippen LogP contribution in [0.15, 0.2) is 18.2 Å². The number of likely N-dealkylation sites (tertiary alicyclic amines) is 1. The molecule has 3 nitrogen and oxygen atoms in total. The number of aryl methyl sites for hydroxylation is 2. The Morgan fingerprint density at radius 3 is 2.85 bits per heavy atom. The van der Waals surface area contributed by atoms with Crippen molar-refractivity contribution in [1.82, 2.24) is 4.90 Å². The molecular formula is C17H26N2O. The third kappa shape index (κ3) is 3.14. The van der Waals surface area contributed by atoms with Crippen molar-refractivity contribution in [3.8, 4) is 0 Å². The Balaban J connectivity index is 2.15. The van der Waals surface area contributed by atoms with Crippen molar-refractivity contribution in [3.05, 3.63) is 29.3 Å². The summed E-state index contributed by atoms with van der Waals surface area (Å²) in [4.78, 5) is 14.6. The van der Waals surface area contributed by atoms with Crippen molar-refractivity contribution in [2.24, 2.45) is 0 Å². The van der Waals surface area contributed by atoms with Crippen molar-refractivity contribution in [2.75, 3.05) is 11.9 Å². The van der Waals surface area contributed by atoms with Crippen LogP contribution in [0, 0.1) is 6.92 Å². The summed E-state index contributed by atoms with van der Waals surface area (Å²) < 4.78 is 0. The number of rotatable bonds is 3. The fraction of sp³-hybridized carbons (Fsp3) is 0.588. The SMILES string of the molecule is CCc1cccc(C)c1NC(=O)N1CCCC[C@@H]1CC. The Kier molecular flexibility index (Phi) is 5.05. The zero-order chi connectivity index (χ0) is 14.5. The van der Waals surface area contributed by atoms with E-state index in [1.54, 1.807) is 0 Å². The van der Waals surface area contributed by atoms with Crippen LogP contribution in [0.5, 0.6) is 0 Å². The maximum atomic E-state index is 12.6. The Morgan fingerprint density at radius 1 is 1.35 bits per heavy atom. The molecule has 2 rings (SSSR count). The van der Waals surface area contributed by atoms with Crippen molar-refractivity contribution in [2.45, 2.75) is 58.9 Å². The minimum Gasteiger partial charge on any atom is -0.322 e. The van der Waals surface area contributed by atoms with Gasteiger partial charge in [0.2, 0.25) is 0 Å². The van der Waals surface area contributed by atoms with E-state index in [9.17, 15) is 4.79 Å². The van der Waals surface area contributed by atoms with E-state index in [1.807, 2.05) is 4.90 Å². The zero-order valence-corrected chi connectivity index (χ0v) is 12.9. The molecule has 3 heteroatoms. The van der Waals surface area contributed by atoms with Crippen LogP contribution in [0.4, 0.5) is 10.5 Å². The van der Waals surface area contributed by atoms with E-state index in [0.29, 0.717) is 6.04 Å². The van der Waals surface area contributed by atoms with Gasteiger partial charge in [0.15, 0.2) is 0 Å². The second-order valence-corrected chi connectivity index (χ2v) is 5.64. The number of hydrogen-bond donors (Lipinski definition) is 1. The fourth-order valence-electron chi connectivity index (χ4n) is 3.07. The van der Waals surface area contributed by atoms with Crippen LogP contribution >= 0.6 is 0 Å². The molecule has 1 N–H and O–H groups in total. The second kappa shape index (κ2) is 6.78. The predicted molar refractivity (Wildman–Crippen MR) is 84.2 cm³/mol. The number of hydrogen-bond acceptors (Lipinski definition) is 1. The van der Waals surface area contributed by atoms with Crippen LogP contribution in [0.2, 0.25) is 0 Å². The molecule has 0 aromatic heterocycles. The second-order valence-electron chi connectivity index (χ2n) is 5.64. The van der Waals surface area contributed by atoms with E-state index in [4.69, 9.17) is 0 Å². The van der Waals surface area contributed by atoms with Gasteiger partial charge in [0.1, 0.15) is 0 Å². The maximum absolute atomic E-state index is 12.6. The largest absolute Gasteiger partial charge is 0.322 e.